The summed E-state index contributed by atoms with van der Waals surface area (Å²) in [6.45, 7) is 8.16. The van der Waals surface area contributed by atoms with Gasteiger partial charge in [-0.15, -0.1) is 0 Å². The minimum Gasteiger partial charge on any atom is -0.461 e. The van der Waals surface area contributed by atoms with E-state index in [0.717, 1.165) is 41.6 Å². The molecule has 1 aromatic rings. The lowest BCUT2D eigenvalue weighted by atomic mass is 9.44. The second-order valence-corrected chi connectivity index (χ2v) is 12.8. The quantitative estimate of drug-likeness (QED) is 0.408. The van der Waals surface area contributed by atoms with Crippen LogP contribution in [0, 0.1) is 46.3 Å². The number of carbonyl (C=O) groups is 1. The predicted octanol–water partition coefficient (Wildman–Crippen LogP) is 8.20. The molecule has 0 amide bonds. The zero-order valence-electron chi connectivity index (χ0n) is 21.4. The molecule has 33 heavy (non-hydrogen) atoms. The molecule has 0 bridgehead atoms. The van der Waals surface area contributed by atoms with Crippen molar-refractivity contribution < 1.29 is 9.53 Å². The number of rotatable bonds is 6. The number of esters is 1. The normalized spacial score (nSPS) is 40.9. The Balaban J connectivity index is 1.18. The predicted molar refractivity (Wildman–Crippen MR) is 134 cm³/mol. The second kappa shape index (κ2) is 9.38. The van der Waals surface area contributed by atoms with E-state index in [1.165, 1.54) is 64.2 Å². The summed E-state index contributed by atoms with van der Waals surface area (Å²) in [5.41, 5.74) is 2.20. The van der Waals surface area contributed by atoms with E-state index in [1.54, 1.807) is 0 Å². The van der Waals surface area contributed by atoms with Gasteiger partial charge in [-0.1, -0.05) is 63.9 Å². The van der Waals surface area contributed by atoms with Gasteiger partial charge in [-0.25, -0.2) is 0 Å². The van der Waals surface area contributed by atoms with Gasteiger partial charge in [0.15, 0.2) is 0 Å². The smallest absolute Gasteiger partial charge is 0.306 e. The molecule has 0 radical (unpaired) electrons. The van der Waals surface area contributed by atoms with Crippen molar-refractivity contribution in [1.29, 1.82) is 0 Å². The van der Waals surface area contributed by atoms with Crippen LogP contribution in [0.4, 0.5) is 0 Å². The highest BCUT2D eigenvalue weighted by Crippen LogP contribution is 2.68. The lowest BCUT2D eigenvalue weighted by Crippen LogP contribution is -2.53. The van der Waals surface area contributed by atoms with Crippen molar-refractivity contribution in [3.05, 3.63) is 35.9 Å². The Hall–Kier alpha value is -1.31. The molecule has 8 atom stereocenters. The fourth-order valence-corrected chi connectivity index (χ4v) is 9.63. The fraction of sp³-hybridized carbons (Fsp3) is 0.774. The highest BCUT2D eigenvalue weighted by atomic mass is 16.5. The third-order valence-electron chi connectivity index (χ3n) is 11.4. The monoisotopic (exact) mass is 450 g/mol. The van der Waals surface area contributed by atoms with Gasteiger partial charge in [0.2, 0.25) is 0 Å². The van der Waals surface area contributed by atoms with Gasteiger partial charge < -0.3 is 4.74 Å². The van der Waals surface area contributed by atoms with Crippen LogP contribution in [0.2, 0.25) is 0 Å². The van der Waals surface area contributed by atoms with Gasteiger partial charge in [-0.2, -0.15) is 0 Å². The van der Waals surface area contributed by atoms with Gasteiger partial charge in [-0.05, 0) is 110 Å². The molecule has 0 aromatic heterocycles. The topological polar surface area (TPSA) is 26.3 Å². The summed E-state index contributed by atoms with van der Waals surface area (Å²) in [6, 6.07) is 10.0. The van der Waals surface area contributed by atoms with Crippen molar-refractivity contribution in [3.8, 4) is 0 Å². The number of benzene rings is 1. The van der Waals surface area contributed by atoms with Crippen molar-refractivity contribution in [2.45, 2.75) is 104 Å². The van der Waals surface area contributed by atoms with Crippen molar-refractivity contribution in [2.24, 2.45) is 46.3 Å². The molecule has 4 saturated carbocycles. The molecule has 1 aromatic carbocycles. The van der Waals surface area contributed by atoms with E-state index < -0.39 is 0 Å². The van der Waals surface area contributed by atoms with E-state index in [9.17, 15) is 4.79 Å². The van der Waals surface area contributed by atoms with Crippen LogP contribution in [0.5, 0.6) is 0 Å². The van der Waals surface area contributed by atoms with Crippen molar-refractivity contribution in [1.82, 2.24) is 0 Å². The average Bonchev–Trinajstić information content (AvgIpc) is 3.19. The number of carbonyl (C=O) groups excluding carboxylic acids is 1. The number of hydrogen-bond donors (Lipinski definition) is 0. The van der Waals surface area contributed by atoms with Crippen LogP contribution in [0.3, 0.4) is 0 Å². The van der Waals surface area contributed by atoms with E-state index in [0.29, 0.717) is 29.8 Å². The number of hydrogen-bond acceptors (Lipinski definition) is 2. The molecule has 182 valence electrons. The molecular weight excluding hydrogens is 404 g/mol. The van der Waals surface area contributed by atoms with Gasteiger partial charge in [-0.3, -0.25) is 4.79 Å². The molecule has 2 heteroatoms. The lowest BCUT2D eigenvalue weighted by molar-refractivity contribution is -0.145. The van der Waals surface area contributed by atoms with Crippen LogP contribution in [-0.4, -0.2) is 5.97 Å². The first-order chi connectivity index (χ1) is 15.9. The fourth-order valence-electron chi connectivity index (χ4n) is 9.63. The lowest BCUT2D eigenvalue weighted by Gasteiger charge is -2.61. The van der Waals surface area contributed by atoms with Gasteiger partial charge >= 0.3 is 5.97 Å². The molecule has 0 spiro atoms. The van der Waals surface area contributed by atoms with Gasteiger partial charge in [0.05, 0.1) is 0 Å². The first kappa shape index (κ1) is 23.4. The SMILES string of the molecule is CC(CCC(=O)OCc1ccccc1)[C@H]1CC[C@H]2[C@@H]3CCC4CCCC[C@]4(C)[C@H]3CC[C@]12C. The Labute approximate surface area is 202 Å². The third kappa shape index (κ3) is 4.30. The van der Waals surface area contributed by atoms with E-state index >= 15 is 0 Å². The summed E-state index contributed by atoms with van der Waals surface area (Å²) in [6.07, 6.45) is 16.2. The van der Waals surface area contributed by atoms with E-state index in [4.69, 9.17) is 4.74 Å². The third-order valence-corrected chi connectivity index (χ3v) is 11.4. The Kier molecular flexibility index (Phi) is 6.66. The van der Waals surface area contributed by atoms with E-state index in [2.05, 4.69) is 20.8 Å². The molecule has 2 nitrogen and oxygen atoms in total. The molecule has 0 saturated heterocycles. The van der Waals surface area contributed by atoms with Crippen LogP contribution in [0.1, 0.15) is 103 Å². The standard InChI is InChI=1S/C31H46O2/c1-22(12-17-29(32)33-21-23-9-5-4-6-10-23)26-15-16-27-25-14-13-24-11-7-8-19-30(24,2)28(25)18-20-31(26,27)3/h4-6,9-10,22,24-28H,7-8,11-21H2,1-3H3/t22?,24?,25-,26+,27-,28-,30-,31+/m0/s1. The molecule has 0 heterocycles. The second-order valence-electron chi connectivity index (χ2n) is 12.8. The van der Waals surface area contributed by atoms with Crippen LogP contribution < -0.4 is 0 Å². The summed E-state index contributed by atoms with van der Waals surface area (Å²) >= 11 is 0. The first-order valence-electron chi connectivity index (χ1n) is 14.1. The van der Waals surface area contributed by atoms with E-state index in [1.807, 2.05) is 30.3 Å². The van der Waals surface area contributed by atoms with Crippen molar-refractivity contribution in [3.63, 3.8) is 0 Å². The number of fused-ring (bicyclic) bond motifs is 5. The maximum absolute atomic E-state index is 12.4. The zero-order valence-corrected chi connectivity index (χ0v) is 21.4. The summed E-state index contributed by atoms with van der Waals surface area (Å²) < 4.78 is 5.57. The molecule has 2 unspecified atom stereocenters. The van der Waals surface area contributed by atoms with E-state index in [-0.39, 0.29) is 5.97 Å². The average molecular weight is 451 g/mol. The van der Waals surface area contributed by atoms with Gasteiger partial charge in [0.1, 0.15) is 6.61 Å². The first-order valence-corrected chi connectivity index (χ1v) is 14.1. The maximum Gasteiger partial charge on any atom is 0.306 e. The summed E-state index contributed by atoms with van der Waals surface area (Å²) in [5, 5.41) is 0. The highest BCUT2D eigenvalue weighted by Gasteiger charge is 2.60. The molecule has 5 rings (SSSR count). The van der Waals surface area contributed by atoms with Crippen molar-refractivity contribution in [2.75, 3.05) is 0 Å². The minimum atomic E-state index is -0.0299. The minimum absolute atomic E-state index is 0.0299. The van der Waals surface area contributed by atoms with Crippen LogP contribution in [0.15, 0.2) is 30.3 Å². The Morgan fingerprint density at radius 1 is 0.939 bits per heavy atom. The zero-order chi connectivity index (χ0) is 23.1. The molecule has 4 fully saturated rings. The largest absolute Gasteiger partial charge is 0.461 e. The summed E-state index contributed by atoms with van der Waals surface area (Å²) in [4.78, 5) is 12.4. The number of ether oxygens (including phenoxy) is 1. The Morgan fingerprint density at radius 3 is 2.55 bits per heavy atom. The van der Waals surface area contributed by atoms with Crippen LogP contribution in [-0.2, 0) is 16.1 Å². The molecule has 4 aliphatic rings. The van der Waals surface area contributed by atoms with Gasteiger partial charge in [0.25, 0.3) is 0 Å². The van der Waals surface area contributed by atoms with Crippen LogP contribution in [0.25, 0.3) is 0 Å². The summed E-state index contributed by atoms with van der Waals surface area (Å²) in [5.74, 6) is 5.25. The Bertz CT molecular complexity index is 817. The summed E-state index contributed by atoms with van der Waals surface area (Å²) in [7, 11) is 0. The van der Waals surface area contributed by atoms with Gasteiger partial charge in [0, 0.05) is 6.42 Å². The molecular formula is C31H46O2. The Morgan fingerprint density at radius 2 is 1.73 bits per heavy atom. The molecule has 0 aliphatic heterocycles. The van der Waals surface area contributed by atoms with Crippen LogP contribution >= 0.6 is 0 Å². The molecule has 4 aliphatic carbocycles. The van der Waals surface area contributed by atoms with Crippen molar-refractivity contribution >= 4 is 5.97 Å². The maximum atomic E-state index is 12.4. The highest BCUT2D eigenvalue weighted by molar-refractivity contribution is 5.69. The molecule has 0 N–H and O–H groups in total.